The van der Waals surface area contributed by atoms with E-state index in [2.05, 4.69) is 9.97 Å². The van der Waals surface area contributed by atoms with Gasteiger partial charge in [-0.15, -0.1) is 22.7 Å². The fourth-order valence-electron chi connectivity index (χ4n) is 3.06. The van der Waals surface area contributed by atoms with Crippen LogP contribution in [0.25, 0.3) is 9.92 Å². The molecule has 0 aliphatic carbocycles. The highest BCUT2D eigenvalue weighted by Gasteiger charge is 2.13. The quantitative estimate of drug-likeness (QED) is 0.557. The first-order chi connectivity index (χ1) is 12.4. The number of hydrogen-bond acceptors (Lipinski definition) is 6. The highest BCUT2D eigenvalue weighted by molar-refractivity contribution is 7.15. The Morgan fingerprint density at radius 2 is 1.31 bits per heavy atom. The molecule has 4 aromatic heterocycles. The van der Waals surface area contributed by atoms with Gasteiger partial charge in [0, 0.05) is 34.3 Å². The first-order valence-electron chi connectivity index (χ1n) is 8.17. The van der Waals surface area contributed by atoms with Gasteiger partial charge in [-0.25, -0.2) is 9.97 Å². The van der Waals surface area contributed by atoms with Gasteiger partial charge in [0.2, 0.25) is 0 Å². The lowest BCUT2D eigenvalue weighted by Gasteiger charge is -2.13. The predicted octanol–water partition coefficient (Wildman–Crippen LogP) is 0.657. The zero-order valence-electron chi connectivity index (χ0n) is 14.6. The van der Waals surface area contributed by atoms with Gasteiger partial charge in [-0.05, 0) is 13.8 Å². The summed E-state index contributed by atoms with van der Waals surface area (Å²) in [4.78, 5) is 36.3. The predicted molar refractivity (Wildman–Crippen MR) is 102 cm³/mol. The molecule has 4 rings (SSSR count). The van der Waals surface area contributed by atoms with E-state index in [1.165, 1.54) is 22.7 Å². The van der Waals surface area contributed by atoms with E-state index in [4.69, 9.17) is 0 Å². The van der Waals surface area contributed by atoms with Crippen molar-refractivity contribution in [3.63, 3.8) is 0 Å². The first kappa shape index (κ1) is 17.1. The van der Waals surface area contributed by atoms with E-state index in [0.717, 1.165) is 27.7 Å². The van der Waals surface area contributed by atoms with Crippen LogP contribution in [0.15, 0.2) is 32.5 Å². The summed E-state index contributed by atoms with van der Waals surface area (Å²) in [7, 11) is 2.01. The topological polar surface area (TPSA) is 73.2 Å². The minimum Gasteiger partial charge on any atom is -0.327 e. The molecule has 0 radical (unpaired) electrons. The molecule has 0 bridgehead atoms. The van der Waals surface area contributed by atoms with Crippen molar-refractivity contribution in [1.82, 2.24) is 18.8 Å². The van der Waals surface area contributed by atoms with Crippen LogP contribution in [-0.4, -0.2) is 25.8 Å². The number of rotatable bonds is 4. The van der Waals surface area contributed by atoms with Gasteiger partial charge < -0.3 is 4.90 Å². The Bertz CT molecular complexity index is 1140. The maximum atomic E-state index is 12.3. The Labute approximate surface area is 156 Å². The zero-order chi connectivity index (χ0) is 18.4. The van der Waals surface area contributed by atoms with Gasteiger partial charge in [-0.3, -0.25) is 18.4 Å². The fourth-order valence-corrected chi connectivity index (χ4v) is 4.85. The fraction of sp³-hybridized carbons (Fsp3) is 0.294. The summed E-state index contributed by atoms with van der Waals surface area (Å²) in [5.41, 5.74) is 3.20. The molecule has 0 amide bonds. The number of aromatic nitrogens is 4. The third-order valence-electron chi connectivity index (χ3n) is 4.22. The van der Waals surface area contributed by atoms with Crippen molar-refractivity contribution in [1.29, 1.82) is 0 Å². The maximum absolute atomic E-state index is 12.3. The lowest BCUT2D eigenvalue weighted by molar-refractivity contribution is -0.908. The molecule has 1 N–H and O–H groups in total. The molecule has 0 spiro atoms. The zero-order valence-corrected chi connectivity index (χ0v) is 16.3. The number of fused-ring (bicyclic) bond motifs is 2. The number of nitrogens with zero attached hydrogens (tertiary/aromatic N) is 4. The molecule has 26 heavy (non-hydrogen) atoms. The van der Waals surface area contributed by atoms with Crippen molar-refractivity contribution in [2.45, 2.75) is 26.9 Å². The second kappa shape index (κ2) is 6.42. The standard InChI is InChI=1S/C17H17N5O2S2/c1-10-8-25-16-18-12(4-14(23)21(10)16)6-20(3)7-13-5-15(24)22-11(2)9-26-17(22)19-13/h4-5,8-9H,6-7H2,1-3H3/p+1. The van der Waals surface area contributed by atoms with Crippen LogP contribution >= 0.6 is 22.7 Å². The van der Waals surface area contributed by atoms with Crippen LogP contribution in [-0.2, 0) is 13.1 Å². The molecule has 4 heterocycles. The van der Waals surface area contributed by atoms with Crippen LogP contribution in [0.1, 0.15) is 22.8 Å². The van der Waals surface area contributed by atoms with Crippen LogP contribution in [0.2, 0.25) is 0 Å². The first-order valence-corrected chi connectivity index (χ1v) is 9.93. The molecule has 9 heteroatoms. The van der Waals surface area contributed by atoms with Crippen molar-refractivity contribution < 1.29 is 4.90 Å². The van der Waals surface area contributed by atoms with Gasteiger partial charge in [0.25, 0.3) is 11.1 Å². The SMILES string of the molecule is Cc1csc2nc(C[NH+](C)Cc3cc(=O)n4c(C)csc4n3)cc(=O)n12. The third-order valence-corrected chi connectivity index (χ3v) is 6.11. The van der Waals surface area contributed by atoms with Gasteiger partial charge in [0.15, 0.2) is 9.92 Å². The molecule has 4 aromatic rings. The Morgan fingerprint density at radius 1 is 0.885 bits per heavy atom. The molecular weight excluding hydrogens is 370 g/mol. The highest BCUT2D eigenvalue weighted by Crippen LogP contribution is 2.12. The number of nitrogens with one attached hydrogen (secondary N) is 1. The van der Waals surface area contributed by atoms with E-state index in [1.54, 1.807) is 20.9 Å². The average molecular weight is 388 g/mol. The average Bonchev–Trinajstić information content (AvgIpc) is 3.11. The van der Waals surface area contributed by atoms with Crippen molar-refractivity contribution in [2.24, 2.45) is 0 Å². The molecule has 7 nitrogen and oxygen atoms in total. The molecule has 134 valence electrons. The minimum absolute atomic E-state index is 0.0524. The van der Waals surface area contributed by atoms with Gasteiger partial charge in [0.1, 0.15) is 24.5 Å². The van der Waals surface area contributed by atoms with Crippen LogP contribution < -0.4 is 16.0 Å². The van der Waals surface area contributed by atoms with E-state index in [-0.39, 0.29) is 11.1 Å². The van der Waals surface area contributed by atoms with Gasteiger partial charge in [-0.2, -0.15) is 0 Å². The second-order valence-electron chi connectivity index (χ2n) is 6.47. The molecule has 0 aliphatic rings. The number of aryl methyl sites for hydroxylation is 2. The van der Waals surface area contributed by atoms with Crippen molar-refractivity contribution >= 4 is 32.6 Å². The van der Waals surface area contributed by atoms with Crippen LogP contribution in [0.3, 0.4) is 0 Å². The van der Waals surface area contributed by atoms with Crippen LogP contribution in [0, 0.1) is 13.8 Å². The molecule has 0 fully saturated rings. The van der Waals surface area contributed by atoms with Gasteiger partial charge in [-0.1, -0.05) is 0 Å². The van der Waals surface area contributed by atoms with Crippen LogP contribution in [0.4, 0.5) is 0 Å². The second-order valence-corrected chi connectivity index (χ2v) is 8.15. The van der Waals surface area contributed by atoms with E-state index >= 15 is 0 Å². The van der Waals surface area contributed by atoms with Gasteiger partial charge >= 0.3 is 0 Å². The van der Waals surface area contributed by atoms with E-state index in [9.17, 15) is 9.59 Å². The monoisotopic (exact) mass is 388 g/mol. The normalized spacial score (nSPS) is 11.8. The third kappa shape index (κ3) is 2.98. The maximum Gasteiger partial charge on any atom is 0.259 e. The summed E-state index contributed by atoms with van der Waals surface area (Å²) < 4.78 is 3.25. The van der Waals surface area contributed by atoms with Crippen molar-refractivity contribution in [3.8, 4) is 0 Å². The summed E-state index contributed by atoms with van der Waals surface area (Å²) in [5, 5.41) is 3.86. The Hall–Kier alpha value is -2.36. The minimum atomic E-state index is -0.0524. The van der Waals surface area contributed by atoms with Gasteiger partial charge in [0.05, 0.1) is 7.05 Å². The molecule has 0 saturated carbocycles. The molecule has 0 saturated heterocycles. The number of hydrogen-bond donors (Lipinski definition) is 1. The van der Waals surface area contributed by atoms with Crippen molar-refractivity contribution in [3.05, 3.63) is 66.4 Å². The van der Waals surface area contributed by atoms with Crippen LogP contribution in [0.5, 0.6) is 0 Å². The summed E-state index contributed by atoms with van der Waals surface area (Å²) in [5.74, 6) is 0. The Kier molecular flexibility index (Phi) is 4.22. The molecule has 0 unspecified atom stereocenters. The summed E-state index contributed by atoms with van der Waals surface area (Å²) in [6.07, 6.45) is 0. The smallest absolute Gasteiger partial charge is 0.259 e. The van der Waals surface area contributed by atoms with E-state index in [1.807, 2.05) is 31.7 Å². The highest BCUT2D eigenvalue weighted by atomic mass is 32.1. The largest absolute Gasteiger partial charge is 0.327 e. The Morgan fingerprint density at radius 3 is 1.73 bits per heavy atom. The number of thiazole rings is 2. The lowest BCUT2D eigenvalue weighted by atomic mass is 10.3. The summed E-state index contributed by atoms with van der Waals surface area (Å²) in [6.45, 7) is 4.98. The van der Waals surface area contributed by atoms with E-state index in [0.29, 0.717) is 23.0 Å². The summed E-state index contributed by atoms with van der Waals surface area (Å²) in [6, 6.07) is 3.18. The molecular formula is C17H18N5O2S2+. The van der Waals surface area contributed by atoms with E-state index < -0.39 is 0 Å². The molecule has 0 aliphatic heterocycles. The number of quaternary nitrogens is 1. The summed E-state index contributed by atoms with van der Waals surface area (Å²) >= 11 is 2.93. The van der Waals surface area contributed by atoms with Crippen molar-refractivity contribution in [2.75, 3.05) is 7.05 Å². The molecule has 0 atom stereocenters. The lowest BCUT2D eigenvalue weighted by Crippen LogP contribution is -3.06. The molecule has 0 aromatic carbocycles. The Balaban J connectivity index is 1.58.